The Balaban J connectivity index is 1.59. The van der Waals surface area contributed by atoms with Crippen LogP contribution in [-0.4, -0.2) is 36.9 Å². The zero-order chi connectivity index (χ0) is 20.4. The molecule has 0 spiro atoms. The Bertz CT molecular complexity index is 1110. The second kappa shape index (κ2) is 8.41. The van der Waals surface area contributed by atoms with E-state index in [9.17, 15) is 9.59 Å². The number of aromatic nitrogens is 4. The Morgan fingerprint density at radius 3 is 2.79 bits per heavy atom. The second-order valence-electron chi connectivity index (χ2n) is 7.65. The third-order valence-electron chi connectivity index (χ3n) is 5.50. The lowest BCUT2D eigenvalue weighted by Crippen LogP contribution is -2.38. The van der Waals surface area contributed by atoms with Gasteiger partial charge in [0.05, 0.1) is 16.7 Å². The van der Waals surface area contributed by atoms with Crippen LogP contribution in [0.2, 0.25) is 0 Å². The van der Waals surface area contributed by atoms with Crippen molar-refractivity contribution in [1.29, 1.82) is 0 Å². The van der Waals surface area contributed by atoms with Crippen molar-refractivity contribution >= 4 is 34.3 Å². The number of para-hydroxylation sites is 1. The molecule has 1 aliphatic carbocycles. The van der Waals surface area contributed by atoms with E-state index in [-0.39, 0.29) is 23.3 Å². The first-order chi connectivity index (χ1) is 14.1. The van der Waals surface area contributed by atoms with Crippen LogP contribution in [-0.2, 0) is 11.3 Å². The van der Waals surface area contributed by atoms with E-state index < -0.39 is 0 Å². The molecule has 2 aromatic heterocycles. The summed E-state index contributed by atoms with van der Waals surface area (Å²) in [5.41, 5.74) is 0.614. The van der Waals surface area contributed by atoms with Crippen molar-refractivity contribution in [2.24, 2.45) is 5.92 Å². The molecule has 0 atom stereocenters. The Labute approximate surface area is 173 Å². The van der Waals surface area contributed by atoms with Crippen molar-refractivity contribution in [2.45, 2.75) is 50.4 Å². The number of allylic oxidation sites excluding steroid dienone is 1. The average molecular weight is 412 g/mol. The molecule has 0 aliphatic heterocycles. The molecule has 1 N–H and O–H groups in total. The summed E-state index contributed by atoms with van der Waals surface area (Å²) in [6.07, 6.45) is 6.09. The molecule has 4 rings (SSSR count). The molecule has 3 aromatic rings. The maximum absolute atomic E-state index is 12.8. The number of nitrogens with zero attached hydrogens (tertiary/aromatic N) is 4. The van der Waals surface area contributed by atoms with E-state index in [1.54, 1.807) is 16.7 Å². The van der Waals surface area contributed by atoms with E-state index in [1.807, 2.05) is 22.6 Å². The molecule has 7 nitrogen and oxygen atoms in total. The fourth-order valence-corrected chi connectivity index (χ4v) is 4.68. The van der Waals surface area contributed by atoms with Crippen LogP contribution in [0.15, 0.2) is 46.9 Å². The molecule has 1 saturated carbocycles. The summed E-state index contributed by atoms with van der Waals surface area (Å²) in [4.78, 5) is 25.3. The molecule has 1 fully saturated rings. The quantitative estimate of drug-likeness (QED) is 0.498. The number of rotatable bonds is 6. The predicted octanol–water partition coefficient (Wildman–Crippen LogP) is 3.02. The van der Waals surface area contributed by atoms with Gasteiger partial charge < -0.3 is 5.32 Å². The maximum atomic E-state index is 12.8. The van der Waals surface area contributed by atoms with Gasteiger partial charge in [-0.25, -0.2) is 0 Å². The largest absolute Gasteiger partial charge is 0.353 e. The van der Waals surface area contributed by atoms with Crippen LogP contribution in [0.3, 0.4) is 0 Å². The summed E-state index contributed by atoms with van der Waals surface area (Å²) < 4.78 is 3.40. The van der Waals surface area contributed by atoms with Gasteiger partial charge >= 0.3 is 0 Å². The lowest BCUT2D eigenvalue weighted by molar-refractivity contribution is -0.119. The Morgan fingerprint density at radius 1 is 1.28 bits per heavy atom. The number of thioether (sulfide) groups is 1. The third kappa shape index (κ3) is 3.94. The topological polar surface area (TPSA) is 81.3 Å². The maximum Gasteiger partial charge on any atom is 0.263 e. The zero-order valence-electron chi connectivity index (χ0n) is 16.5. The van der Waals surface area contributed by atoms with Crippen molar-refractivity contribution in [3.63, 3.8) is 0 Å². The summed E-state index contributed by atoms with van der Waals surface area (Å²) >= 11 is 1.34. The van der Waals surface area contributed by atoms with Crippen LogP contribution in [0.25, 0.3) is 16.7 Å². The molecule has 0 unspecified atom stereocenters. The summed E-state index contributed by atoms with van der Waals surface area (Å²) in [7, 11) is 0. The van der Waals surface area contributed by atoms with Gasteiger partial charge in [0.25, 0.3) is 5.56 Å². The number of fused-ring (bicyclic) bond motifs is 3. The van der Waals surface area contributed by atoms with Gasteiger partial charge in [0, 0.05) is 12.6 Å². The van der Waals surface area contributed by atoms with Crippen LogP contribution in [0.1, 0.15) is 32.6 Å². The van der Waals surface area contributed by atoms with Crippen molar-refractivity contribution in [3.8, 4) is 0 Å². The van der Waals surface area contributed by atoms with E-state index in [4.69, 9.17) is 0 Å². The number of carbonyl (C=O) groups is 1. The summed E-state index contributed by atoms with van der Waals surface area (Å²) in [6, 6.07) is 7.65. The van der Waals surface area contributed by atoms with E-state index in [2.05, 4.69) is 29.0 Å². The SMILES string of the molecule is C=CCn1c(=O)c2ccccc2n2c(SCC(=O)NC3CCC(C)CC3)nnc12. The Kier molecular flexibility index (Phi) is 5.71. The van der Waals surface area contributed by atoms with E-state index in [0.29, 0.717) is 22.9 Å². The van der Waals surface area contributed by atoms with Crippen LogP contribution < -0.4 is 10.9 Å². The first-order valence-corrected chi connectivity index (χ1v) is 11.0. The van der Waals surface area contributed by atoms with Gasteiger partial charge in [0.1, 0.15) is 0 Å². The van der Waals surface area contributed by atoms with Gasteiger partial charge in [-0.15, -0.1) is 16.8 Å². The van der Waals surface area contributed by atoms with Crippen molar-refractivity contribution in [1.82, 2.24) is 24.5 Å². The zero-order valence-corrected chi connectivity index (χ0v) is 17.3. The van der Waals surface area contributed by atoms with Gasteiger partial charge in [-0.3, -0.25) is 18.6 Å². The summed E-state index contributed by atoms with van der Waals surface area (Å²) in [5, 5.41) is 12.8. The third-order valence-corrected chi connectivity index (χ3v) is 6.43. The van der Waals surface area contributed by atoms with Crippen molar-refractivity contribution in [3.05, 3.63) is 47.3 Å². The number of hydrogen-bond acceptors (Lipinski definition) is 5. The Hall–Kier alpha value is -2.61. The molecule has 0 radical (unpaired) electrons. The molecule has 1 aliphatic rings. The van der Waals surface area contributed by atoms with Crippen LogP contribution in [0.4, 0.5) is 0 Å². The minimum absolute atomic E-state index is 0.00928. The minimum Gasteiger partial charge on any atom is -0.353 e. The highest BCUT2D eigenvalue weighted by atomic mass is 32.2. The molecule has 152 valence electrons. The van der Waals surface area contributed by atoms with E-state index >= 15 is 0 Å². The molecular weight excluding hydrogens is 386 g/mol. The normalized spacial score (nSPS) is 19.5. The minimum atomic E-state index is -0.124. The number of hydrogen-bond donors (Lipinski definition) is 1. The fraction of sp³-hybridized carbons (Fsp3) is 0.429. The molecule has 1 aromatic carbocycles. The first-order valence-electron chi connectivity index (χ1n) is 9.98. The summed E-state index contributed by atoms with van der Waals surface area (Å²) in [5.74, 6) is 1.48. The summed E-state index contributed by atoms with van der Waals surface area (Å²) in [6.45, 7) is 6.34. The van der Waals surface area contributed by atoms with Crippen molar-refractivity contribution < 1.29 is 4.79 Å². The number of benzene rings is 1. The van der Waals surface area contributed by atoms with Gasteiger partial charge in [0.2, 0.25) is 11.7 Å². The Morgan fingerprint density at radius 2 is 2.03 bits per heavy atom. The highest BCUT2D eigenvalue weighted by Gasteiger charge is 2.21. The van der Waals surface area contributed by atoms with E-state index in [1.165, 1.54) is 24.6 Å². The fourth-order valence-electron chi connectivity index (χ4n) is 3.92. The van der Waals surface area contributed by atoms with Crippen molar-refractivity contribution in [2.75, 3.05) is 5.75 Å². The smallest absolute Gasteiger partial charge is 0.263 e. The average Bonchev–Trinajstić information content (AvgIpc) is 3.15. The van der Waals surface area contributed by atoms with Gasteiger partial charge in [-0.05, 0) is 43.7 Å². The molecule has 29 heavy (non-hydrogen) atoms. The first kappa shape index (κ1) is 19.7. The molecule has 2 heterocycles. The predicted molar refractivity (Wildman–Crippen MR) is 115 cm³/mol. The van der Waals surface area contributed by atoms with Gasteiger partial charge in [-0.1, -0.05) is 36.9 Å². The molecule has 0 bridgehead atoms. The van der Waals surface area contributed by atoms with Gasteiger partial charge in [0.15, 0.2) is 5.16 Å². The van der Waals surface area contributed by atoms with E-state index in [0.717, 1.165) is 24.3 Å². The highest BCUT2D eigenvalue weighted by Crippen LogP contribution is 2.24. The van der Waals surface area contributed by atoms with Crippen LogP contribution in [0, 0.1) is 5.92 Å². The second-order valence-corrected chi connectivity index (χ2v) is 8.60. The number of amides is 1. The molecule has 8 heteroatoms. The number of nitrogens with one attached hydrogen (secondary N) is 1. The molecule has 1 amide bonds. The lowest BCUT2D eigenvalue weighted by Gasteiger charge is -2.26. The monoisotopic (exact) mass is 411 g/mol. The molecule has 0 saturated heterocycles. The number of carbonyl (C=O) groups excluding carboxylic acids is 1. The van der Waals surface area contributed by atoms with Crippen LogP contribution >= 0.6 is 11.8 Å². The molecular formula is C21H25N5O2S. The highest BCUT2D eigenvalue weighted by molar-refractivity contribution is 7.99. The standard InChI is InChI=1S/C21H25N5O2S/c1-3-12-25-19(28)16-6-4-5-7-17(16)26-20(25)23-24-21(26)29-13-18(27)22-15-10-8-14(2)9-11-15/h3-7,14-15H,1,8-13H2,2H3,(H,22,27). The van der Waals surface area contributed by atoms with Crippen LogP contribution in [0.5, 0.6) is 0 Å². The lowest BCUT2D eigenvalue weighted by atomic mass is 9.87. The van der Waals surface area contributed by atoms with Gasteiger partial charge in [-0.2, -0.15) is 0 Å².